The summed E-state index contributed by atoms with van der Waals surface area (Å²) in [4.78, 5) is 23.6. The highest BCUT2D eigenvalue weighted by Crippen LogP contribution is 2.36. The first kappa shape index (κ1) is 35.8. The predicted octanol–water partition coefficient (Wildman–Crippen LogP) is 7.33. The predicted molar refractivity (Wildman–Crippen MR) is 186 cm³/mol. The van der Waals surface area contributed by atoms with Crippen LogP contribution in [0.4, 0.5) is 17.8 Å². The summed E-state index contributed by atoms with van der Waals surface area (Å²) in [7, 11) is 0. The van der Waals surface area contributed by atoms with Gasteiger partial charge in [-0.2, -0.15) is 15.0 Å². The van der Waals surface area contributed by atoms with Crippen molar-refractivity contribution >= 4 is 17.8 Å². The van der Waals surface area contributed by atoms with E-state index >= 15 is 0 Å². The standard InChI is InChI=1S/C35H68N8/c1-13-17-21-42(27-23-32(5,6)39-33(7,8)24-27)30-36-29(41(19-15-3)20-16-4)37-31(38-30)43(22-18-14-2)28-25-34(9,10)40-35(11,12)26-28/h27-28,39-40H,13-26H2,1-12H3. The molecule has 3 rings (SSSR count). The Morgan fingerprint density at radius 3 is 1.14 bits per heavy atom. The van der Waals surface area contributed by atoms with E-state index in [1.807, 2.05) is 0 Å². The van der Waals surface area contributed by atoms with Crippen molar-refractivity contribution in [2.45, 2.75) is 182 Å². The smallest absolute Gasteiger partial charge is 0.232 e. The third-order valence-corrected chi connectivity index (χ3v) is 9.11. The lowest BCUT2D eigenvalue weighted by atomic mass is 9.79. The van der Waals surface area contributed by atoms with Crippen molar-refractivity contribution in [1.29, 1.82) is 0 Å². The van der Waals surface area contributed by atoms with Crippen molar-refractivity contribution < 1.29 is 0 Å². The number of nitrogens with one attached hydrogen (secondary N) is 2. The van der Waals surface area contributed by atoms with E-state index in [0.717, 1.165) is 108 Å². The van der Waals surface area contributed by atoms with Gasteiger partial charge in [0.05, 0.1) is 0 Å². The van der Waals surface area contributed by atoms with E-state index < -0.39 is 0 Å². The average molecular weight is 601 g/mol. The summed E-state index contributed by atoms with van der Waals surface area (Å²) in [6.07, 6.45) is 11.0. The molecule has 2 N–H and O–H groups in total. The summed E-state index contributed by atoms with van der Waals surface area (Å²) in [5, 5.41) is 7.79. The highest BCUT2D eigenvalue weighted by Gasteiger charge is 2.43. The lowest BCUT2D eigenvalue weighted by molar-refractivity contribution is 0.157. The van der Waals surface area contributed by atoms with E-state index in [9.17, 15) is 0 Å². The van der Waals surface area contributed by atoms with Crippen LogP contribution in [-0.4, -0.2) is 75.4 Å². The molecule has 8 nitrogen and oxygen atoms in total. The molecule has 2 aliphatic rings. The van der Waals surface area contributed by atoms with Crippen molar-refractivity contribution in [1.82, 2.24) is 25.6 Å². The molecule has 0 atom stereocenters. The van der Waals surface area contributed by atoms with E-state index in [0.29, 0.717) is 12.1 Å². The zero-order valence-corrected chi connectivity index (χ0v) is 30.2. The Hall–Kier alpha value is -1.67. The van der Waals surface area contributed by atoms with Crippen LogP contribution in [0.2, 0.25) is 0 Å². The zero-order chi connectivity index (χ0) is 32.1. The number of rotatable bonds is 15. The minimum Gasteiger partial charge on any atom is -0.341 e. The van der Waals surface area contributed by atoms with E-state index in [2.05, 4.69) is 108 Å². The van der Waals surface area contributed by atoms with E-state index in [1.54, 1.807) is 0 Å². The lowest BCUT2D eigenvalue weighted by Gasteiger charge is -2.50. The first-order chi connectivity index (χ1) is 20.0. The van der Waals surface area contributed by atoms with Gasteiger partial charge in [0, 0.05) is 60.4 Å². The average Bonchev–Trinajstić information content (AvgIpc) is 2.85. The maximum Gasteiger partial charge on any atom is 0.232 e. The highest BCUT2D eigenvalue weighted by atomic mass is 15.4. The fourth-order valence-corrected chi connectivity index (χ4v) is 8.12. The van der Waals surface area contributed by atoms with Gasteiger partial charge in [-0.25, -0.2) is 0 Å². The van der Waals surface area contributed by atoms with Gasteiger partial charge in [0.25, 0.3) is 0 Å². The molecule has 0 radical (unpaired) electrons. The van der Waals surface area contributed by atoms with Crippen LogP contribution in [0, 0.1) is 0 Å². The van der Waals surface area contributed by atoms with Gasteiger partial charge in [-0.3, -0.25) is 0 Å². The van der Waals surface area contributed by atoms with Gasteiger partial charge >= 0.3 is 0 Å². The largest absolute Gasteiger partial charge is 0.341 e. The van der Waals surface area contributed by atoms with E-state index in [1.165, 1.54) is 0 Å². The summed E-state index contributed by atoms with van der Waals surface area (Å²) in [5.41, 5.74) is 0.188. The second-order valence-corrected chi connectivity index (χ2v) is 16.2. The monoisotopic (exact) mass is 601 g/mol. The number of nitrogens with zero attached hydrogens (tertiary/aromatic N) is 6. The molecule has 2 saturated heterocycles. The Bertz CT molecular complexity index is 897. The second kappa shape index (κ2) is 14.6. The Morgan fingerprint density at radius 2 is 0.837 bits per heavy atom. The quantitative estimate of drug-likeness (QED) is 0.217. The molecular weight excluding hydrogens is 532 g/mol. The van der Waals surface area contributed by atoms with Crippen LogP contribution in [-0.2, 0) is 0 Å². The van der Waals surface area contributed by atoms with E-state index in [-0.39, 0.29) is 22.2 Å². The molecule has 43 heavy (non-hydrogen) atoms. The van der Waals surface area contributed by atoms with Crippen LogP contribution in [0.25, 0.3) is 0 Å². The number of aromatic nitrogens is 3. The molecule has 1 aromatic rings. The third kappa shape index (κ3) is 10.2. The van der Waals surface area contributed by atoms with Gasteiger partial charge in [-0.1, -0.05) is 40.5 Å². The molecule has 0 unspecified atom stereocenters. The topological polar surface area (TPSA) is 72.5 Å². The number of unbranched alkanes of at least 4 members (excludes halogenated alkanes) is 2. The second-order valence-electron chi connectivity index (χ2n) is 16.2. The summed E-state index contributed by atoms with van der Waals surface area (Å²) in [5.74, 6) is 2.60. The minimum absolute atomic E-state index is 0.0471. The van der Waals surface area contributed by atoms with Gasteiger partial charge < -0.3 is 25.3 Å². The first-order valence-electron chi connectivity index (χ1n) is 17.7. The minimum atomic E-state index is 0.0471. The Labute approximate surface area is 265 Å². The molecule has 0 bridgehead atoms. The van der Waals surface area contributed by atoms with Crippen molar-refractivity contribution in [3.8, 4) is 0 Å². The van der Waals surface area contributed by atoms with Gasteiger partial charge in [0.2, 0.25) is 17.8 Å². The maximum absolute atomic E-state index is 5.45. The molecule has 3 heterocycles. The molecule has 0 saturated carbocycles. The van der Waals surface area contributed by atoms with Crippen molar-refractivity contribution in [2.24, 2.45) is 0 Å². The number of anilines is 3. The fraction of sp³-hybridized carbons (Fsp3) is 0.914. The summed E-state index contributed by atoms with van der Waals surface area (Å²) in [6, 6.07) is 0.736. The first-order valence-corrected chi connectivity index (χ1v) is 17.7. The molecule has 0 amide bonds. The zero-order valence-electron chi connectivity index (χ0n) is 30.2. The lowest BCUT2D eigenvalue weighted by Crippen LogP contribution is -2.63. The summed E-state index contributed by atoms with van der Waals surface area (Å²) >= 11 is 0. The number of hydrogen-bond donors (Lipinski definition) is 2. The van der Waals surface area contributed by atoms with Crippen molar-refractivity contribution in [3.05, 3.63) is 0 Å². The molecular formula is C35H68N8. The molecule has 2 aliphatic heterocycles. The molecule has 0 aliphatic carbocycles. The van der Waals surface area contributed by atoms with Crippen molar-refractivity contribution in [3.63, 3.8) is 0 Å². The van der Waals surface area contributed by atoms with Gasteiger partial charge in [0.15, 0.2) is 0 Å². The van der Waals surface area contributed by atoms with E-state index in [4.69, 9.17) is 15.0 Å². The van der Waals surface area contributed by atoms with Crippen LogP contribution < -0.4 is 25.3 Å². The van der Waals surface area contributed by atoms with Gasteiger partial charge in [0.1, 0.15) is 0 Å². The Kier molecular flexibility index (Phi) is 12.2. The molecule has 0 aromatic carbocycles. The normalized spacial score (nSPS) is 21.5. The maximum atomic E-state index is 5.45. The van der Waals surface area contributed by atoms with Crippen LogP contribution in [0.1, 0.15) is 147 Å². The molecule has 1 aromatic heterocycles. The number of hydrogen-bond acceptors (Lipinski definition) is 8. The Morgan fingerprint density at radius 1 is 0.512 bits per heavy atom. The van der Waals surface area contributed by atoms with Crippen LogP contribution >= 0.6 is 0 Å². The third-order valence-electron chi connectivity index (χ3n) is 9.11. The summed E-state index contributed by atoms with van der Waals surface area (Å²) < 4.78 is 0. The summed E-state index contributed by atoms with van der Waals surface area (Å²) in [6.45, 7) is 31.7. The fourth-order valence-electron chi connectivity index (χ4n) is 8.12. The van der Waals surface area contributed by atoms with Gasteiger partial charge in [-0.15, -0.1) is 0 Å². The SMILES string of the molecule is CCCCN(c1nc(N(CCC)CCC)nc(N(CCCC)C2CC(C)(C)NC(C)(C)C2)n1)C1CC(C)(C)NC(C)(C)C1. The molecule has 248 valence electrons. The van der Waals surface area contributed by atoms with Crippen LogP contribution in [0.5, 0.6) is 0 Å². The highest BCUT2D eigenvalue weighted by molar-refractivity contribution is 5.48. The van der Waals surface area contributed by atoms with Gasteiger partial charge in [-0.05, 0) is 107 Å². The molecule has 2 fully saturated rings. The molecule has 0 spiro atoms. The van der Waals surface area contributed by atoms with Crippen LogP contribution in [0.15, 0.2) is 0 Å². The van der Waals surface area contributed by atoms with Crippen LogP contribution in [0.3, 0.4) is 0 Å². The number of piperidine rings is 2. The Balaban J connectivity index is 2.19. The molecule has 8 heteroatoms. The van der Waals surface area contributed by atoms with Crippen molar-refractivity contribution in [2.75, 3.05) is 40.9 Å².